The zero-order valence-electron chi connectivity index (χ0n) is 10.4. The first-order valence-electron chi connectivity index (χ1n) is 4.99. The molecule has 0 aliphatic carbocycles. The van der Waals surface area contributed by atoms with Crippen molar-refractivity contribution in [2.45, 2.75) is 6.61 Å². The van der Waals surface area contributed by atoms with Crippen LogP contribution in [0.1, 0.15) is 16.3 Å². The van der Waals surface area contributed by atoms with Crippen LogP contribution in [-0.2, 0) is 6.61 Å². The van der Waals surface area contributed by atoms with E-state index < -0.39 is 0 Å². The third kappa shape index (κ3) is 10.0. The summed E-state index contributed by atoms with van der Waals surface area (Å²) in [5.41, 5.74) is 0. The minimum absolute atomic E-state index is 0. The lowest BCUT2D eigenvalue weighted by atomic mass is 10.4. The minimum Gasteiger partial charge on any atom is -1.00 e. The predicted molar refractivity (Wildman–Crippen MR) is 60.0 cm³/mol. The van der Waals surface area contributed by atoms with Gasteiger partial charge in [-0.1, -0.05) is 0 Å². The summed E-state index contributed by atoms with van der Waals surface area (Å²) in [6.07, 6.45) is 0.596. The van der Waals surface area contributed by atoms with Crippen LogP contribution in [0.15, 0.2) is 16.5 Å². The van der Waals surface area contributed by atoms with E-state index in [1.165, 1.54) is 6.07 Å². The van der Waals surface area contributed by atoms with Gasteiger partial charge in [0, 0.05) is 0 Å². The molecule has 1 aromatic heterocycles. The second kappa shape index (κ2) is 9.18. The molecule has 0 aliphatic heterocycles. The van der Waals surface area contributed by atoms with Crippen LogP contribution in [0.4, 0.5) is 0 Å². The van der Waals surface area contributed by atoms with Crippen LogP contribution in [0.3, 0.4) is 0 Å². The average Bonchev–Trinajstić information content (AvgIpc) is 2.64. The number of halogens is 1. The molecule has 0 atom stereocenters. The van der Waals surface area contributed by atoms with E-state index in [0.29, 0.717) is 12.0 Å². The summed E-state index contributed by atoms with van der Waals surface area (Å²) in [6, 6.07) is 3.07. The lowest BCUT2D eigenvalue weighted by molar-refractivity contribution is -0.870. The molecule has 0 bridgehead atoms. The minimum atomic E-state index is -0.159. The van der Waals surface area contributed by atoms with Gasteiger partial charge in [0.25, 0.3) is 0 Å². The Balaban J connectivity index is 0. The number of rotatable bonds is 4. The van der Waals surface area contributed by atoms with Crippen LogP contribution in [0.2, 0.25) is 0 Å². The third-order valence-corrected chi connectivity index (χ3v) is 1.73. The molecular formula is C11H20ClNO4. The highest BCUT2D eigenvalue weighted by Crippen LogP contribution is 2.03. The smallest absolute Gasteiger partial charge is 0.185 e. The van der Waals surface area contributed by atoms with Gasteiger partial charge in [-0.15, -0.1) is 0 Å². The van der Waals surface area contributed by atoms with E-state index in [4.69, 9.17) is 14.6 Å². The second-order valence-electron chi connectivity index (χ2n) is 4.32. The lowest BCUT2D eigenvalue weighted by Gasteiger charge is -2.21. The van der Waals surface area contributed by atoms with Gasteiger partial charge in [-0.05, 0) is 12.1 Å². The first kappa shape index (κ1) is 18.5. The van der Waals surface area contributed by atoms with Crippen LogP contribution in [0.5, 0.6) is 0 Å². The van der Waals surface area contributed by atoms with Gasteiger partial charge in [0.2, 0.25) is 0 Å². The van der Waals surface area contributed by atoms with Crippen molar-refractivity contribution >= 4 is 6.29 Å². The number of hydrogen-bond acceptors (Lipinski definition) is 4. The summed E-state index contributed by atoms with van der Waals surface area (Å²) in [5, 5.41) is 16.8. The van der Waals surface area contributed by atoms with Gasteiger partial charge in [-0.25, -0.2) is 0 Å². The fourth-order valence-corrected chi connectivity index (χ4v) is 0.843. The quantitative estimate of drug-likeness (QED) is 0.458. The number of quaternary nitrogens is 1. The number of likely N-dealkylation sites (N-methyl/N-ethyl adjacent to an activating group) is 1. The van der Waals surface area contributed by atoms with Crippen molar-refractivity contribution in [2.75, 3.05) is 34.3 Å². The lowest BCUT2D eigenvalue weighted by Crippen LogP contribution is -3.00. The van der Waals surface area contributed by atoms with Crippen molar-refractivity contribution in [3.8, 4) is 0 Å². The van der Waals surface area contributed by atoms with Crippen LogP contribution in [0.25, 0.3) is 0 Å². The summed E-state index contributed by atoms with van der Waals surface area (Å²) in [4.78, 5) is 9.96. The van der Waals surface area contributed by atoms with Gasteiger partial charge in [0.05, 0.1) is 27.7 Å². The highest BCUT2D eigenvalue weighted by atomic mass is 35.5. The van der Waals surface area contributed by atoms with Crippen LogP contribution in [0, 0.1) is 0 Å². The molecule has 0 aliphatic rings. The summed E-state index contributed by atoms with van der Waals surface area (Å²) in [5.74, 6) is 0.663. The summed E-state index contributed by atoms with van der Waals surface area (Å²) in [7, 11) is 6.16. The van der Waals surface area contributed by atoms with Crippen LogP contribution >= 0.6 is 0 Å². The maximum absolute atomic E-state index is 9.96. The maximum Gasteiger partial charge on any atom is 0.185 e. The van der Waals surface area contributed by atoms with E-state index in [1.54, 1.807) is 6.07 Å². The van der Waals surface area contributed by atoms with Crippen molar-refractivity contribution in [3.05, 3.63) is 23.7 Å². The van der Waals surface area contributed by atoms with Crippen molar-refractivity contribution in [3.63, 3.8) is 0 Å². The summed E-state index contributed by atoms with van der Waals surface area (Å²) < 4.78 is 5.61. The molecule has 5 nitrogen and oxygen atoms in total. The zero-order valence-corrected chi connectivity index (χ0v) is 11.1. The Bertz CT molecular complexity index is 307. The molecule has 0 amide bonds. The van der Waals surface area contributed by atoms with Gasteiger partial charge in [-0.3, -0.25) is 4.79 Å². The molecule has 100 valence electrons. The molecule has 0 spiro atoms. The van der Waals surface area contributed by atoms with E-state index in [9.17, 15) is 4.79 Å². The van der Waals surface area contributed by atoms with Gasteiger partial charge in [0.15, 0.2) is 12.0 Å². The van der Waals surface area contributed by atoms with E-state index in [2.05, 4.69) is 21.1 Å². The number of furan rings is 1. The van der Waals surface area contributed by atoms with E-state index in [0.717, 1.165) is 11.0 Å². The Morgan fingerprint density at radius 3 is 2.06 bits per heavy atom. The Hall–Kier alpha value is -0.880. The first-order valence-corrected chi connectivity index (χ1v) is 4.99. The second-order valence-corrected chi connectivity index (χ2v) is 4.32. The van der Waals surface area contributed by atoms with E-state index in [1.807, 2.05) is 0 Å². The van der Waals surface area contributed by atoms with Crippen molar-refractivity contribution in [1.82, 2.24) is 0 Å². The molecule has 0 radical (unpaired) electrons. The molecule has 1 rings (SSSR count). The Kier molecular flexibility index (Phi) is 9.98. The Morgan fingerprint density at radius 1 is 1.29 bits per heavy atom. The maximum atomic E-state index is 9.96. The van der Waals surface area contributed by atoms with Gasteiger partial charge < -0.3 is 31.5 Å². The molecule has 1 heterocycles. The molecule has 2 N–H and O–H groups in total. The van der Waals surface area contributed by atoms with E-state index in [-0.39, 0.29) is 31.4 Å². The molecule has 0 saturated carbocycles. The number of aldehydes is 1. The van der Waals surface area contributed by atoms with Gasteiger partial charge in [-0.2, -0.15) is 0 Å². The SMILES string of the molecule is C[N+](C)(C)CCO.O=Cc1ccc(CO)o1.[Cl-]. The molecule has 6 heteroatoms. The molecule has 17 heavy (non-hydrogen) atoms. The number of nitrogens with zero attached hydrogens (tertiary/aromatic N) is 1. The predicted octanol–water partition coefficient (Wildman–Crippen LogP) is -2.73. The number of aliphatic hydroxyl groups excluding tert-OH is 2. The van der Waals surface area contributed by atoms with Crippen molar-refractivity contribution < 1.29 is 36.3 Å². The van der Waals surface area contributed by atoms with Gasteiger partial charge in [0.1, 0.15) is 18.9 Å². The molecule has 1 aromatic rings. The summed E-state index contributed by atoms with van der Waals surface area (Å²) in [6.45, 7) is 0.956. The fraction of sp³-hybridized carbons (Fsp3) is 0.545. The van der Waals surface area contributed by atoms with Crippen molar-refractivity contribution in [1.29, 1.82) is 0 Å². The average molecular weight is 266 g/mol. The number of carbonyl (C=O) groups is 1. The molecule has 0 aromatic carbocycles. The first-order chi connectivity index (χ1) is 7.42. The van der Waals surface area contributed by atoms with Crippen LogP contribution < -0.4 is 12.4 Å². The Labute approximate surface area is 108 Å². The highest BCUT2D eigenvalue weighted by molar-refractivity contribution is 5.70. The largest absolute Gasteiger partial charge is 1.00 e. The molecule has 0 unspecified atom stereocenters. The van der Waals surface area contributed by atoms with Crippen LogP contribution in [-0.4, -0.2) is 55.3 Å². The molecule has 0 saturated heterocycles. The normalized spacial score (nSPS) is 9.94. The van der Waals surface area contributed by atoms with Crippen molar-refractivity contribution in [2.24, 2.45) is 0 Å². The van der Waals surface area contributed by atoms with Gasteiger partial charge >= 0.3 is 0 Å². The number of hydrogen-bond donors (Lipinski definition) is 2. The molecular weight excluding hydrogens is 246 g/mol. The highest BCUT2D eigenvalue weighted by Gasteiger charge is 2.02. The number of carbonyl (C=O) groups excluding carboxylic acids is 1. The monoisotopic (exact) mass is 265 g/mol. The number of aliphatic hydroxyl groups is 2. The third-order valence-electron chi connectivity index (χ3n) is 1.73. The standard InChI is InChI=1S/C6H6O3.C5H14NO.ClH/c7-3-5-1-2-6(4-8)9-5;1-6(2,3)4-5-7;/h1-3,8H,4H2;7H,4-5H2,1-3H3;1H/q;+1;/p-1. The molecule has 0 fully saturated rings. The zero-order chi connectivity index (χ0) is 12.6. The Morgan fingerprint density at radius 2 is 1.88 bits per heavy atom. The summed E-state index contributed by atoms with van der Waals surface area (Å²) >= 11 is 0. The topological polar surface area (TPSA) is 70.7 Å². The van der Waals surface area contributed by atoms with E-state index >= 15 is 0 Å². The fourth-order valence-electron chi connectivity index (χ4n) is 0.843.